The Kier molecular flexibility index (Phi) is 5.28. The van der Waals surface area contributed by atoms with E-state index in [1.807, 2.05) is 24.8 Å². The fourth-order valence-corrected chi connectivity index (χ4v) is 5.55. The highest BCUT2D eigenvalue weighted by atomic mass is 32.1. The first-order valence-corrected chi connectivity index (χ1v) is 11.3. The summed E-state index contributed by atoms with van der Waals surface area (Å²) in [5, 5.41) is 9.28. The van der Waals surface area contributed by atoms with Gasteiger partial charge in [0.25, 0.3) is 0 Å². The molecule has 4 rings (SSSR count). The maximum atomic E-state index is 15.1. The molecule has 0 bridgehead atoms. The van der Waals surface area contributed by atoms with Gasteiger partial charge in [-0.05, 0) is 31.4 Å². The molecule has 1 aromatic rings. The van der Waals surface area contributed by atoms with Crippen molar-refractivity contribution in [2.75, 3.05) is 27.2 Å². The Balaban J connectivity index is 1.73. The van der Waals surface area contributed by atoms with Gasteiger partial charge < -0.3 is 15.4 Å². The molecule has 3 heterocycles. The van der Waals surface area contributed by atoms with Gasteiger partial charge in [0.1, 0.15) is 22.3 Å². The minimum absolute atomic E-state index is 0.0346. The molecule has 170 valence electrons. The van der Waals surface area contributed by atoms with Crippen molar-refractivity contribution in [3.8, 4) is 6.07 Å². The second kappa shape index (κ2) is 7.59. The minimum Gasteiger partial charge on any atom is -0.479 e. The zero-order chi connectivity index (χ0) is 23.4. The molecule has 0 radical (unpaired) electrons. The summed E-state index contributed by atoms with van der Waals surface area (Å²) < 4.78 is 20.4. The number of allylic oxidation sites excluding steroid dienone is 1. The molecule has 1 aliphatic carbocycles. The van der Waals surface area contributed by atoms with Crippen LogP contribution in [0.1, 0.15) is 36.9 Å². The molecule has 0 spiro atoms. The predicted molar refractivity (Wildman–Crippen MR) is 120 cm³/mol. The molecule has 1 aromatic heterocycles. The van der Waals surface area contributed by atoms with E-state index in [2.05, 4.69) is 11.1 Å². The summed E-state index contributed by atoms with van der Waals surface area (Å²) in [6.07, 6.45) is 0.754. The Labute approximate surface area is 190 Å². The van der Waals surface area contributed by atoms with Crippen LogP contribution in [0.4, 0.5) is 4.39 Å². The number of nitrogens with two attached hydrogens (primary N) is 1. The first-order valence-electron chi connectivity index (χ1n) is 10.4. The van der Waals surface area contributed by atoms with E-state index in [-0.39, 0.29) is 29.5 Å². The van der Waals surface area contributed by atoms with Crippen LogP contribution >= 0.6 is 11.3 Å². The summed E-state index contributed by atoms with van der Waals surface area (Å²) in [7, 11) is 3.01. The van der Waals surface area contributed by atoms with Gasteiger partial charge in [-0.2, -0.15) is 10.3 Å². The average molecular weight is 459 g/mol. The lowest BCUT2D eigenvalue weighted by Gasteiger charge is -2.36. The summed E-state index contributed by atoms with van der Waals surface area (Å²) in [5.74, 6) is -0.137. The van der Waals surface area contributed by atoms with Gasteiger partial charge in [-0.15, -0.1) is 11.3 Å². The molecular formula is C22H27FN6O2S. The molecule has 1 saturated heterocycles. The topological polar surface area (TPSA) is 107 Å². The highest BCUT2D eigenvalue weighted by molar-refractivity contribution is 7.12. The number of hydrogen-bond acceptors (Lipinski definition) is 7. The van der Waals surface area contributed by atoms with E-state index in [9.17, 15) is 10.1 Å². The van der Waals surface area contributed by atoms with Gasteiger partial charge >= 0.3 is 0 Å². The molecule has 3 aliphatic rings. The fraction of sp³-hybridized carbons (Fsp3) is 0.545. The Hall–Kier alpha value is -2.93. The van der Waals surface area contributed by atoms with Gasteiger partial charge in [-0.3, -0.25) is 9.69 Å². The van der Waals surface area contributed by atoms with Crippen LogP contribution in [0.15, 0.2) is 33.8 Å². The van der Waals surface area contributed by atoms with Crippen molar-refractivity contribution in [2.24, 2.45) is 33.0 Å². The third kappa shape index (κ3) is 3.26. The number of aliphatic imine (C=N–C) groups is 2. The Morgan fingerprint density at radius 1 is 1.50 bits per heavy atom. The molecule has 2 N–H and O–H groups in total. The molecule has 0 aromatic carbocycles. The van der Waals surface area contributed by atoms with Crippen LogP contribution in [0.2, 0.25) is 0 Å². The van der Waals surface area contributed by atoms with E-state index >= 15 is 4.39 Å². The van der Waals surface area contributed by atoms with Crippen molar-refractivity contribution in [1.29, 1.82) is 5.26 Å². The number of methoxy groups -OCH3 is 1. The molecule has 8 nitrogen and oxygen atoms in total. The smallest absolute Gasteiger partial charge is 0.247 e. The summed E-state index contributed by atoms with van der Waals surface area (Å²) in [6.45, 7) is 6.32. The average Bonchev–Trinajstić information content (AvgIpc) is 3.15. The van der Waals surface area contributed by atoms with Crippen molar-refractivity contribution < 1.29 is 13.9 Å². The molecule has 1 saturated carbocycles. The molecule has 2 aliphatic heterocycles. The van der Waals surface area contributed by atoms with E-state index in [1.165, 1.54) is 23.3 Å². The van der Waals surface area contributed by atoms with Crippen molar-refractivity contribution >= 4 is 29.0 Å². The number of likely N-dealkylation sites (tertiary alicyclic amines) is 1. The SMILES string of the molecule is CO/C(N=C(C)N1C[C@H]2C(=O)N(C)C(N)=N[C@@]2(c2ccc(C#N)s2)C1)=C(\F)C1(C)CC1C. The lowest BCUT2D eigenvalue weighted by molar-refractivity contribution is -0.132. The quantitative estimate of drug-likeness (QED) is 0.424. The fourth-order valence-electron chi connectivity index (χ4n) is 4.57. The van der Waals surface area contributed by atoms with E-state index in [0.29, 0.717) is 23.8 Å². The van der Waals surface area contributed by atoms with Crippen molar-refractivity contribution in [2.45, 2.75) is 32.7 Å². The van der Waals surface area contributed by atoms with E-state index in [0.717, 1.165) is 11.3 Å². The van der Waals surface area contributed by atoms with Gasteiger partial charge in [0.2, 0.25) is 11.8 Å². The second-order valence-electron chi connectivity index (χ2n) is 9.01. The number of nitriles is 1. The summed E-state index contributed by atoms with van der Waals surface area (Å²) in [4.78, 5) is 26.9. The van der Waals surface area contributed by atoms with Crippen molar-refractivity contribution in [1.82, 2.24) is 9.80 Å². The minimum atomic E-state index is -0.920. The van der Waals surface area contributed by atoms with Crippen molar-refractivity contribution in [3.63, 3.8) is 0 Å². The third-order valence-corrected chi connectivity index (χ3v) is 8.26. The molecule has 4 atom stereocenters. The predicted octanol–water partition coefficient (Wildman–Crippen LogP) is 2.78. The van der Waals surface area contributed by atoms with Gasteiger partial charge in [0.15, 0.2) is 11.8 Å². The van der Waals surface area contributed by atoms with E-state index < -0.39 is 16.9 Å². The number of rotatable bonds is 4. The zero-order valence-corrected chi connectivity index (χ0v) is 19.7. The number of amides is 1. The van der Waals surface area contributed by atoms with Crippen molar-refractivity contribution in [3.05, 3.63) is 33.6 Å². The lowest BCUT2D eigenvalue weighted by atomic mass is 9.84. The number of nitrogens with zero attached hydrogens (tertiary/aromatic N) is 5. The number of thiophene rings is 1. The van der Waals surface area contributed by atoms with Gasteiger partial charge in [-0.25, -0.2) is 9.38 Å². The van der Waals surface area contributed by atoms with Crippen LogP contribution in [0.25, 0.3) is 0 Å². The molecule has 2 unspecified atom stereocenters. The number of carbonyl (C=O) groups is 1. The molecule has 1 amide bonds. The maximum Gasteiger partial charge on any atom is 0.247 e. The van der Waals surface area contributed by atoms with Gasteiger partial charge in [-0.1, -0.05) is 13.8 Å². The van der Waals surface area contributed by atoms with Crippen LogP contribution in [-0.4, -0.2) is 54.7 Å². The second-order valence-corrected chi connectivity index (χ2v) is 10.1. The van der Waals surface area contributed by atoms with Crippen LogP contribution < -0.4 is 5.73 Å². The summed E-state index contributed by atoms with van der Waals surface area (Å²) >= 11 is 1.31. The lowest BCUT2D eigenvalue weighted by Crippen LogP contribution is -2.54. The zero-order valence-electron chi connectivity index (χ0n) is 18.8. The third-order valence-electron chi connectivity index (χ3n) is 7.10. The standard InChI is InChI=1S/C22H27FN6O2S/c1-12-8-21(12,3)17(23)18(31-5)26-13(2)29-10-15-19(30)28(4)20(25)27-22(15,11-29)16-7-6-14(9-24)32-16/h6-7,12,15H,8,10-11H2,1-5H3,(H2,25,27)/b18-17-,26-13?/t12?,15-,21?,22-/m0/s1. The molecular weight excluding hydrogens is 431 g/mol. The Morgan fingerprint density at radius 3 is 2.75 bits per heavy atom. The number of guanidine groups is 1. The molecule has 10 heteroatoms. The maximum absolute atomic E-state index is 15.1. The number of ether oxygens (including phenoxy) is 1. The number of amidine groups is 1. The Morgan fingerprint density at radius 2 is 2.19 bits per heavy atom. The first-order chi connectivity index (χ1) is 15.1. The molecule has 32 heavy (non-hydrogen) atoms. The van der Waals surface area contributed by atoms with Gasteiger partial charge in [0, 0.05) is 23.9 Å². The monoisotopic (exact) mass is 458 g/mol. The number of hydrogen-bond donors (Lipinski definition) is 1. The largest absolute Gasteiger partial charge is 0.479 e. The number of fused-ring (bicyclic) bond motifs is 1. The highest BCUT2D eigenvalue weighted by Gasteiger charge is 2.56. The molecule has 2 fully saturated rings. The van der Waals surface area contributed by atoms with E-state index in [4.69, 9.17) is 15.5 Å². The van der Waals surface area contributed by atoms with E-state index in [1.54, 1.807) is 20.0 Å². The summed E-state index contributed by atoms with van der Waals surface area (Å²) in [6, 6.07) is 5.69. The first kappa shape index (κ1) is 22.3. The van der Waals surface area contributed by atoms with Gasteiger partial charge in [0.05, 0.1) is 19.6 Å². The number of halogens is 1. The van der Waals surface area contributed by atoms with Crippen LogP contribution in [0.5, 0.6) is 0 Å². The summed E-state index contributed by atoms with van der Waals surface area (Å²) in [5.41, 5.74) is 4.62. The van der Waals surface area contributed by atoms with Crippen LogP contribution in [-0.2, 0) is 15.1 Å². The van der Waals surface area contributed by atoms with Crippen LogP contribution in [0, 0.1) is 28.6 Å². The number of carbonyl (C=O) groups excluding carboxylic acids is 1. The van der Waals surface area contributed by atoms with Crippen LogP contribution in [0.3, 0.4) is 0 Å². The highest BCUT2D eigenvalue weighted by Crippen LogP contribution is 2.58. The Bertz CT molecular complexity index is 1100. The normalized spacial score (nSPS) is 32.8.